The number of nitrogens with zero attached hydrogens (tertiary/aromatic N) is 4. The zero-order chi connectivity index (χ0) is 36.2. The van der Waals surface area contributed by atoms with Crippen LogP contribution in [0.2, 0.25) is 0 Å². The molecule has 3 heterocycles. The third-order valence-electron chi connectivity index (χ3n) is 8.03. The molecule has 4 rings (SSSR count). The van der Waals surface area contributed by atoms with E-state index in [0.29, 0.717) is 50.3 Å². The summed E-state index contributed by atoms with van der Waals surface area (Å²) in [6, 6.07) is 6.73. The van der Waals surface area contributed by atoms with Crippen LogP contribution >= 0.6 is 0 Å². The van der Waals surface area contributed by atoms with Crippen molar-refractivity contribution in [2.45, 2.75) is 77.8 Å². The molecule has 4 bridgehead atoms. The monoisotopic (exact) mass is 694 g/mol. The van der Waals surface area contributed by atoms with Crippen molar-refractivity contribution in [3.8, 4) is 11.5 Å². The van der Waals surface area contributed by atoms with Crippen LogP contribution < -0.4 is 31.0 Å². The SMILES string of the molecule is COc1ccc2cc1OCc1cn(nn1)CCCN(C(=O)c1cccc(=O)[nH]1)CCCCNC(=O)[C@H]([C@@H](C)O)NC(=O)[C@@H](CC(C)C)NC2=O. The molecule has 270 valence electrons. The average Bonchev–Trinajstić information content (AvgIpc) is 3.54. The summed E-state index contributed by atoms with van der Waals surface area (Å²) in [4.78, 5) is 69.4. The predicted octanol–water partition coefficient (Wildman–Crippen LogP) is 1.01. The Kier molecular flexibility index (Phi) is 13.5. The van der Waals surface area contributed by atoms with E-state index in [0.717, 1.165) is 0 Å². The summed E-state index contributed by atoms with van der Waals surface area (Å²) in [5.74, 6) is -1.43. The van der Waals surface area contributed by atoms with Gasteiger partial charge in [0.2, 0.25) is 17.4 Å². The smallest absolute Gasteiger partial charge is 0.270 e. The first-order chi connectivity index (χ1) is 23.9. The molecule has 4 amide bonds. The summed E-state index contributed by atoms with van der Waals surface area (Å²) in [5, 5.41) is 26.9. The number of H-pyrrole nitrogens is 1. The van der Waals surface area contributed by atoms with E-state index >= 15 is 0 Å². The topological polar surface area (TPSA) is 210 Å². The lowest BCUT2D eigenvalue weighted by Gasteiger charge is -2.26. The van der Waals surface area contributed by atoms with Crippen molar-refractivity contribution in [3.63, 3.8) is 0 Å². The van der Waals surface area contributed by atoms with Gasteiger partial charge >= 0.3 is 0 Å². The quantitative estimate of drug-likeness (QED) is 0.256. The number of aryl methyl sites for hydroxylation is 1. The molecule has 0 saturated carbocycles. The minimum absolute atomic E-state index is 0.00785. The molecule has 1 aromatic carbocycles. The molecule has 3 aromatic rings. The largest absolute Gasteiger partial charge is 0.493 e. The number of benzene rings is 1. The van der Waals surface area contributed by atoms with E-state index < -0.39 is 35.9 Å². The van der Waals surface area contributed by atoms with Crippen molar-refractivity contribution >= 4 is 23.6 Å². The van der Waals surface area contributed by atoms with Crippen molar-refractivity contribution in [1.29, 1.82) is 0 Å². The molecule has 0 aliphatic carbocycles. The highest BCUT2D eigenvalue weighted by molar-refractivity contribution is 5.99. The lowest BCUT2D eigenvalue weighted by molar-refractivity contribution is -0.132. The fourth-order valence-corrected chi connectivity index (χ4v) is 5.43. The number of ether oxygens (including phenoxy) is 2. The van der Waals surface area contributed by atoms with E-state index in [1.165, 1.54) is 32.2 Å². The summed E-state index contributed by atoms with van der Waals surface area (Å²) in [6.07, 6.45) is 2.31. The molecule has 0 unspecified atom stereocenters. The second-order valence-corrected chi connectivity index (χ2v) is 12.6. The number of aromatic nitrogens is 4. The van der Waals surface area contributed by atoms with Gasteiger partial charge in [0, 0.05) is 37.8 Å². The Labute approximate surface area is 289 Å². The number of hydrogen-bond donors (Lipinski definition) is 5. The molecule has 0 radical (unpaired) electrons. The Morgan fingerprint density at radius 2 is 1.80 bits per heavy atom. The molecule has 1 aliphatic rings. The van der Waals surface area contributed by atoms with Crippen molar-refractivity contribution in [3.05, 3.63) is 69.9 Å². The van der Waals surface area contributed by atoms with E-state index in [4.69, 9.17) is 9.47 Å². The van der Waals surface area contributed by atoms with Gasteiger partial charge in [-0.05, 0) is 62.8 Å². The van der Waals surface area contributed by atoms with Gasteiger partial charge in [0.05, 0.1) is 19.4 Å². The van der Waals surface area contributed by atoms with Gasteiger partial charge in [0.15, 0.2) is 11.5 Å². The Balaban J connectivity index is 1.59. The number of carbonyl (C=O) groups excluding carboxylic acids is 4. The fraction of sp³-hybridized carbons (Fsp3) is 0.500. The summed E-state index contributed by atoms with van der Waals surface area (Å²) in [7, 11) is 1.47. The third-order valence-corrected chi connectivity index (χ3v) is 8.03. The molecule has 0 fully saturated rings. The van der Waals surface area contributed by atoms with Crippen LogP contribution in [-0.4, -0.2) is 98.5 Å². The minimum Gasteiger partial charge on any atom is -0.493 e. The highest BCUT2D eigenvalue weighted by Gasteiger charge is 2.30. The minimum atomic E-state index is -1.27. The van der Waals surface area contributed by atoms with E-state index in [9.17, 15) is 29.1 Å². The summed E-state index contributed by atoms with van der Waals surface area (Å²) >= 11 is 0. The Bertz CT molecular complexity index is 1690. The molecular formula is C34H46N8O8. The van der Waals surface area contributed by atoms with Crippen molar-refractivity contribution in [2.75, 3.05) is 26.7 Å². The fourth-order valence-electron chi connectivity index (χ4n) is 5.43. The number of carbonyl (C=O) groups is 4. The maximum absolute atomic E-state index is 13.4. The van der Waals surface area contributed by atoms with Crippen LogP contribution in [-0.2, 0) is 22.7 Å². The van der Waals surface area contributed by atoms with E-state index in [1.807, 2.05) is 13.8 Å². The van der Waals surface area contributed by atoms with Crippen LogP contribution in [0.4, 0.5) is 0 Å². The molecule has 1 aliphatic heterocycles. The standard InChI is InChI=1S/C34H46N8O8/c1-21(2)17-26-32(46)38-30(22(3)43)33(47)35-13-5-6-14-41(34(48)25-9-7-10-29(44)36-25)15-8-16-42-19-24(39-40-42)20-50-28-18-23(31(45)37-26)11-12-27(28)49-4/h7,9-12,18-19,21-22,26,30,43H,5-6,8,13-17,20H2,1-4H3,(H,35,47)(H,36,44)(H,37,45)(H,38,46)/t22-,26-,30+/m1/s1. The summed E-state index contributed by atoms with van der Waals surface area (Å²) < 4.78 is 13.0. The maximum atomic E-state index is 13.4. The molecule has 0 saturated heterocycles. The highest BCUT2D eigenvalue weighted by Crippen LogP contribution is 2.29. The van der Waals surface area contributed by atoms with E-state index in [2.05, 4.69) is 31.2 Å². The number of aliphatic hydroxyl groups is 1. The summed E-state index contributed by atoms with van der Waals surface area (Å²) in [6.45, 7) is 6.57. The highest BCUT2D eigenvalue weighted by atomic mass is 16.5. The first-order valence-corrected chi connectivity index (χ1v) is 16.7. The van der Waals surface area contributed by atoms with Crippen LogP contribution in [0, 0.1) is 5.92 Å². The second-order valence-electron chi connectivity index (χ2n) is 12.6. The molecule has 16 nitrogen and oxygen atoms in total. The van der Waals surface area contributed by atoms with Crippen LogP contribution in [0.15, 0.2) is 47.4 Å². The van der Waals surface area contributed by atoms with Crippen molar-refractivity contribution < 1.29 is 33.8 Å². The average molecular weight is 695 g/mol. The number of rotatable bonds is 5. The number of amides is 4. The molecule has 16 heteroatoms. The van der Waals surface area contributed by atoms with Crippen LogP contribution in [0.1, 0.15) is 73.0 Å². The van der Waals surface area contributed by atoms with Crippen molar-refractivity contribution in [2.24, 2.45) is 5.92 Å². The molecule has 0 spiro atoms. The molecule has 2 aromatic heterocycles. The number of methoxy groups -OCH3 is 1. The van der Waals surface area contributed by atoms with Gasteiger partial charge in [-0.1, -0.05) is 25.1 Å². The number of pyridine rings is 1. The Morgan fingerprint density at radius 1 is 1.02 bits per heavy atom. The van der Waals surface area contributed by atoms with Gasteiger partial charge in [-0.2, -0.15) is 0 Å². The van der Waals surface area contributed by atoms with Crippen molar-refractivity contribution in [1.82, 2.24) is 40.8 Å². The number of nitrogens with one attached hydrogen (secondary N) is 4. The van der Waals surface area contributed by atoms with Gasteiger partial charge in [-0.3, -0.25) is 28.7 Å². The predicted molar refractivity (Wildman–Crippen MR) is 181 cm³/mol. The lowest BCUT2D eigenvalue weighted by Crippen LogP contribution is -2.57. The number of hydrogen-bond acceptors (Lipinski definition) is 10. The zero-order valence-corrected chi connectivity index (χ0v) is 28.8. The van der Waals surface area contributed by atoms with Crippen LogP contribution in [0.5, 0.6) is 11.5 Å². The van der Waals surface area contributed by atoms with E-state index in [-0.39, 0.29) is 54.0 Å². The zero-order valence-electron chi connectivity index (χ0n) is 28.8. The van der Waals surface area contributed by atoms with Crippen LogP contribution in [0.25, 0.3) is 0 Å². The second kappa shape index (κ2) is 17.9. The first kappa shape index (κ1) is 37.6. The Hall–Kier alpha value is -5.25. The molecular weight excluding hydrogens is 648 g/mol. The normalized spacial score (nSPS) is 19.3. The molecule has 5 N–H and O–H groups in total. The van der Waals surface area contributed by atoms with E-state index in [1.54, 1.807) is 34.0 Å². The van der Waals surface area contributed by atoms with Gasteiger partial charge in [0.25, 0.3) is 11.8 Å². The lowest BCUT2D eigenvalue weighted by atomic mass is 10.0. The molecule has 50 heavy (non-hydrogen) atoms. The van der Waals surface area contributed by atoms with Gasteiger partial charge in [0.1, 0.15) is 30.1 Å². The Morgan fingerprint density at radius 3 is 2.52 bits per heavy atom. The number of aliphatic hydroxyl groups excluding tert-OH is 1. The summed E-state index contributed by atoms with van der Waals surface area (Å²) in [5.41, 5.74) is 0.517. The maximum Gasteiger partial charge on any atom is 0.270 e. The van der Waals surface area contributed by atoms with Crippen LogP contribution in [0.3, 0.4) is 0 Å². The number of aromatic amines is 1. The first-order valence-electron chi connectivity index (χ1n) is 16.7. The van der Waals surface area contributed by atoms with Gasteiger partial charge in [-0.25, -0.2) is 0 Å². The molecule has 3 atom stereocenters. The van der Waals surface area contributed by atoms with Gasteiger partial charge < -0.3 is 40.4 Å². The van der Waals surface area contributed by atoms with Gasteiger partial charge in [-0.15, -0.1) is 5.10 Å². The third kappa shape index (κ3) is 10.6. The number of fused-ring (bicyclic) bond motifs is 4.